The van der Waals surface area contributed by atoms with E-state index in [0.29, 0.717) is 41.4 Å². The summed E-state index contributed by atoms with van der Waals surface area (Å²) in [4.78, 5) is 28.0. The van der Waals surface area contributed by atoms with Crippen LogP contribution in [0.25, 0.3) is 22.3 Å². The second-order valence-corrected chi connectivity index (χ2v) is 9.12. The molecule has 0 spiro atoms. The zero-order valence-electron chi connectivity index (χ0n) is 20.1. The lowest BCUT2D eigenvalue weighted by Gasteiger charge is -2.22. The van der Waals surface area contributed by atoms with Crippen LogP contribution in [-0.2, 0) is 4.74 Å². The van der Waals surface area contributed by atoms with Crippen molar-refractivity contribution in [1.82, 2.24) is 20.3 Å². The zero-order valence-corrected chi connectivity index (χ0v) is 20.1. The van der Waals surface area contributed by atoms with Gasteiger partial charge < -0.3 is 30.2 Å². The molecule has 1 unspecified atom stereocenters. The quantitative estimate of drug-likeness (QED) is 0.582. The lowest BCUT2D eigenvalue weighted by Crippen LogP contribution is -2.40. The van der Waals surface area contributed by atoms with Gasteiger partial charge in [0.25, 0.3) is 0 Å². The molecule has 34 heavy (non-hydrogen) atoms. The van der Waals surface area contributed by atoms with Crippen molar-refractivity contribution in [1.29, 1.82) is 0 Å². The summed E-state index contributed by atoms with van der Waals surface area (Å²) < 4.78 is 16.2. The number of carbonyl (C=O) groups excluding carboxylic acids is 1. The van der Waals surface area contributed by atoms with Gasteiger partial charge in [0.15, 0.2) is 17.3 Å². The number of nitrogens with zero attached hydrogens (tertiary/aromatic N) is 4. The number of nitrogens with two attached hydrogens (primary N) is 1. The second kappa shape index (κ2) is 9.20. The standard InChI is InChI=1S/C24H30N6O4/c1-24(2,3)34-23(31)26-15-10-11-30(13-15)21-20-17(28-22(25)29-21)8-7-16(27-20)14-6-9-18(32-4)19(12-14)33-5/h6-9,12,15H,10-11,13H2,1-5H3,(H,26,31)(H2,25,28,29). The molecule has 10 heteroatoms. The average Bonchev–Trinajstić information content (AvgIpc) is 3.24. The van der Waals surface area contributed by atoms with E-state index in [1.165, 1.54) is 0 Å². The van der Waals surface area contributed by atoms with Crippen LogP contribution in [0.1, 0.15) is 27.2 Å². The van der Waals surface area contributed by atoms with E-state index in [9.17, 15) is 4.79 Å². The summed E-state index contributed by atoms with van der Waals surface area (Å²) in [6, 6.07) is 9.33. The van der Waals surface area contributed by atoms with Gasteiger partial charge in [0, 0.05) is 18.7 Å². The van der Waals surface area contributed by atoms with Gasteiger partial charge in [-0.15, -0.1) is 0 Å². The molecule has 0 radical (unpaired) electrons. The molecule has 1 amide bonds. The summed E-state index contributed by atoms with van der Waals surface area (Å²) in [5.41, 5.74) is 8.34. The molecule has 180 valence electrons. The Hall–Kier alpha value is -3.82. The minimum atomic E-state index is -0.551. The van der Waals surface area contributed by atoms with Gasteiger partial charge >= 0.3 is 6.09 Å². The van der Waals surface area contributed by atoms with Crippen LogP contribution in [0.15, 0.2) is 30.3 Å². The first kappa shape index (κ1) is 23.3. The van der Waals surface area contributed by atoms with Gasteiger partial charge in [0.2, 0.25) is 5.95 Å². The van der Waals surface area contributed by atoms with Crippen LogP contribution in [0.4, 0.5) is 16.6 Å². The van der Waals surface area contributed by atoms with Gasteiger partial charge in [-0.25, -0.2) is 14.8 Å². The van der Waals surface area contributed by atoms with Gasteiger partial charge in [0.1, 0.15) is 11.1 Å². The number of anilines is 2. The third kappa shape index (κ3) is 5.05. The van der Waals surface area contributed by atoms with Crippen LogP contribution in [0.2, 0.25) is 0 Å². The van der Waals surface area contributed by atoms with Gasteiger partial charge in [0.05, 0.1) is 31.5 Å². The van der Waals surface area contributed by atoms with Gasteiger partial charge in [-0.1, -0.05) is 0 Å². The Morgan fingerprint density at radius 1 is 1.09 bits per heavy atom. The fourth-order valence-corrected chi connectivity index (χ4v) is 3.94. The highest BCUT2D eigenvalue weighted by Crippen LogP contribution is 2.33. The molecule has 0 saturated carbocycles. The van der Waals surface area contributed by atoms with Crippen LogP contribution in [-0.4, -0.2) is 60.0 Å². The first-order chi connectivity index (χ1) is 16.2. The minimum Gasteiger partial charge on any atom is -0.493 e. The number of fused-ring (bicyclic) bond motifs is 1. The van der Waals surface area contributed by atoms with E-state index in [2.05, 4.69) is 20.2 Å². The summed E-state index contributed by atoms with van der Waals surface area (Å²) in [7, 11) is 3.19. The lowest BCUT2D eigenvalue weighted by atomic mass is 10.1. The minimum absolute atomic E-state index is 0.0740. The second-order valence-electron chi connectivity index (χ2n) is 9.12. The van der Waals surface area contributed by atoms with E-state index in [1.54, 1.807) is 14.2 Å². The number of aromatic nitrogens is 3. The molecular weight excluding hydrogens is 436 g/mol. The predicted molar refractivity (Wildman–Crippen MR) is 130 cm³/mol. The number of benzene rings is 1. The molecule has 1 fully saturated rings. The molecule has 2 aromatic heterocycles. The number of alkyl carbamates (subject to hydrolysis) is 1. The Labute approximate surface area is 198 Å². The highest BCUT2D eigenvalue weighted by Gasteiger charge is 2.28. The smallest absolute Gasteiger partial charge is 0.407 e. The molecule has 1 atom stereocenters. The van der Waals surface area contributed by atoms with Crippen molar-refractivity contribution >= 4 is 28.9 Å². The molecule has 3 N–H and O–H groups in total. The zero-order chi connectivity index (χ0) is 24.5. The Morgan fingerprint density at radius 2 is 1.85 bits per heavy atom. The number of pyridine rings is 1. The number of carbonyl (C=O) groups is 1. The fraction of sp³-hybridized carbons (Fsp3) is 0.417. The van der Waals surface area contributed by atoms with Gasteiger partial charge in [-0.2, -0.15) is 4.98 Å². The summed E-state index contributed by atoms with van der Waals surface area (Å²) in [6.07, 6.45) is 0.320. The summed E-state index contributed by atoms with van der Waals surface area (Å²) >= 11 is 0. The third-order valence-electron chi connectivity index (χ3n) is 5.43. The van der Waals surface area contributed by atoms with Gasteiger partial charge in [-0.3, -0.25) is 0 Å². The highest BCUT2D eigenvalue weighted by molar-refractivity contribution is 5.89. The Morgan fingerprint density at radius 3 is 2.56 bits per heavy atom. The Bertz CT molecular complexity index is 1210. The maximum Gasteiger partial charge on any atom is 0.407 e. The highest BCUT2D eigenvalue weighted by atomic mass is 16.6. The maximum absolute atomic E-state index is 12.2. The van der Waals surface area contributed by atoms with Crippen LogP contribution in [0, 0.1) is 0 Å². The molecule has 0 bridgehead atoms. The number of amides is 1. The third-order valence-corrected chi connectivity index (χ3v) is 5.43. The van der Waals surface area contributed by atoms with E-state index in [-0.39, 0.29) is 12.0 Å². The van der Waals surface area contributed by atoms with Gasteiger partial charge in [-0.05, 0) is 57.5 Å². The molecule has 3 heterocycles. The number of ether oxygens (including phenoxy) is 3. The van der Waals surface area contributed by atoms with Crippen LogP contribution in [0.5, 0.6) is 11.5 Å². The fourth-order valence-electron chi connectivity index (χ4n) is 3.94. The maximum atomic E-state index is 12.2. The Kier molecular flexibility index (Phi) is 6.32. The van der Waals surface area contributed by atoms with E-state index < -0.39 is 11.7 Å². The number of hydrogen-bond donors (Lipinski definition) is 2. The molecule has 1 saturated heterocycles. The molecule has 1 aromatic carbocycles. The summed E-state index contributed by atoms with van der Waals surface area (Å²) in [6.45, 7) is 6.77. The van der Waals surface area contributed by atoms with E-state index in [1.807, 2.05) is 51.1 Å². The summed E-state index contributed by atoms with van der Waals surface area (Å²) in [5.74, 6) is 2.07. The van der Waals surface area contributed by atoms with Crippen molar-refractivity contribution in [3.63, 3.8) is 0 Å². The van der Waals surface area contributed by atoms with E-state index in [0.717, 1.165) is 17.7 Å². The van der Waals surface area contributed by atoms with Crippen molar-refractivity contribution in [2.24, 2.45) is 0 Å². The molecule has 3 aromatic rings. The Balaban J connectivity index is 1.63. The SMILES string of the molecule is COc1ccc(-c2ccc3nc(N)nc(N4CCC(NC(=O)OC(C)(C)C)C4)c3n2)cc1OC. The van der Waals surface area contributed by atoms with Crippen molar-refractivity contribution in [2.45, 2.75) is 38.8 Å². The topological polar surface area (TPSA) is 125 Å². The van der Waals surface area contributed by atoms with Crippen molar-refractivity contribution < 1.29 is 19.0 Å². The molecule has 1 aliphatic rings. The molecular formula is C24H30N6O4. The molecule has 1 aliphatic heterocycles. The van der Waals surface area contributed by atoms with Crippen molar-refractivity contribution in [3.8, 4) is 22.8 Å². The first-order valence-corrected chi connectivity index (χ1v) is 11.1. The lowest BCUT2D eigenvalue weighted by molar-refractivity contribution is 0.0509. The number of methoxy groups -OCH3 is 2. The molecule has 10 nitrogen and oxygen atoms in total. The molecule has 4 rings (SSSR count). The number of hydrogen-bond acceptors (Lipinski definition) is 9. The monoisotopic (exact) mass is 466 g/mol. The van der Waals surface area contributed by atoms with Crippen LogP contribution < -0.4 is 25.4 Å². The molecule has 0 aliphatic carbocycles. The largest absolute Gasteiger partial charge is 0.493 e. The van der Waals surface area contributed by atoms with Crippen LogP contribution >= 0.6 is 0 Å². The summed E-state index contributed by atoms with van der Waals surface area (Å²) in [5, 5.41) is 2.93. The number of nitrogens with one attached hydrogen (secondary N) is 1. The van der Waals surface area contributed by atoms with E-state index >= 15 is 0 Å². The van der Waals surface area contributed by atoms with Crippen molar-refractivity contribution in [3.05, 3.63) is 30.3 Å². The number of rotatable bonds is 5. The first-order valence-electron chi connectivity index (χ1n) is 11.1. The normalized spacial score (nSPS) is 15.9. The van der Waals surface area contributed by atoms with Crippen molar-refractivity contribution in [2.75, 3.05) is 37.9 Å². The van der Waals surface area contributed by atoms with Crippen LogP contribution in [0.3, 0.4) is 0 Å². The predicted octanol–water partition coefficient (Wildman–Crippen LogP) is 3.39. The van der Waals surface area contributed by atoms with E-state index in [4.69, 9.17) is 24.9 Å². The number of nitrogen functional groups attached to an aromatic ring is 1. The average molecular weight is 467 g/mol.